The second kappa shape index (κ2) is 3.87. The minimum absolute atomic E-state index is 0.0183. The van der Waals surface area contributed by atoms with Gasteiger partial charge >= 0.3 is 0 Å². The van der Waals surface area contributed by atoms with E-state index in [1.54, 1.807) is 0 Å². The molecule has 1 heterocycles. The van der Waals surface area contributed by atoms with Gasteiger partial charge in [0.1, 0.15) is 5.02 Å². The summed E-state index contributed by atoms with van der Waals surface area (Å²) in [6.07, 6.45) is -0.0183. The van der Waals surface area contributed by atoms with Crippen LogP contribution in [0, 0.1) is 0 Å². The summed E-state index contributed by atoms with van der Waals surface area (Å²) in [6.45, 7) is 3.71. The Morgan fingerprint density at radius 2 is 1.92 bits per heavy atom. The van der Waals surface area contributed by atoms with Gasteiger partial charge in [-0.05, 0) is 19.1 Å². The summed E-state index contributed by atoms with van der Waals surface area (Å²) in [5.74, 6) is 0.215. The van der Waals surface area contributed by atoms with Gasteiger partial charge in [-0.15, -0.1) is 5.10 Å². The van der Waals surface area contributed by atoms with Crippen LogP contribution in [0.3, 0.4) is 0 Å². The highest BCUT2D eigenvalue weighted by atomic mass is 35.5. The van der Waals surface area contributed by atoms with Crippen LogP contribution in [-0.4, -0.2) is 21.5 Å². The average Bonchev–Trinajstić information content (AvgIpc) is 1.98. The van der Waals surface area contributed by atoms with Crippen LogP contribution in [0.2, 0.25) is 10.2 Å². The van der Waals surface area contributed by atoms with Crippen molar-refractivity contribution in [2.75, 3.05) is 0 Å². The lowest BCUT2D eigenvalue weighted by atomic mass is 10.5. The molecule has 0 aromatic carbocycles. The largest absolute Gasteiger partial charge is 0.473 e. The van der Waals surface area contributed by atoms with E-state index < -0.39 is 0 Å². The summed E-state index contributed by atoms with van der Waals surface area (Å²) >= 11 is 11.3. The van der Waals surface area contributed by atoms with Gasteiger partial charge in [0.25, 0.3) is 5.88 Å². The normalized spacial score (nSPS) is 10.4. The SMILES string of the molecule is CC(C)Oc1nnnc(Cl)c1Cl. The number of ether oxygens (including phenoxy) is 1. The van der Waals surface area contributed by atoms with Gasteiger partial charge in [-0.25, -0.2) is 0 Å². The molecule has 0 atom stereocenters. The first kappa shape index (κ1) is 9.48. The van der Waals surface area contributed by atoms with E-state index in [1.165, 1.54) is 0 Å². The highest BCUT2D eigenvalue weighted by Gasteiger charge is 2.10. The van der Waals surface area contributed by atoms with Crippen molar-refractivity contribution in [3.05, 3.63) is 10.2 Å². The Balaban J connectivity index is 2.92. The third kappa shape index (κ3) is 2.19. The fourth-order valence-corrected chi connectivity index (χ4v) is 0.812. The lowest BCUT2D eigenvalue weighted by Gasteiger charge is -2.08. The van der Waals surface area contributed by atoms with Crippen LogP contribution < -0.4 is 4.74 Å². The van der Waals surface area contributed by atoms with Crippen molar-refractivity contribution in [3.63, 3.8) is 0 Å². The van der Waals surface area contributed by atoms with E-state index in [9.17, 15) is 0 Å². The summed E-state index contributed by atoms with van der Waals surface area (Å²) in [6, 6.07) is 0. The monoisotopic (exact) mass is 207 g/mol. The van der Waals surface area contributed by atoms with Crippen LogP contribution >= 0.6 is 23.2 Å². The van der Waals surface area contributed by atoms with Gasteiger partial charge in [-0.1, -0.05) is 28.3 Å². The summed E-state index contributed by atoms with van der Waals surface area (Å²) in [4.78, 5) is 0. The van der Waals surface area contributed by atoms with Crippen LogP contribution in [0.1, 0.15) is 13.8 Å². The van der Waals surface area contributed by atoms with Crippen molar-refractivity contribution >= 4 is 23.2 Å². The Morgan fingerprint density at radius 1 is 1.25 bits per heavy atom. The predicted molar refractivity (Wildman–Crippen MR) is 45.6 cm³/mol. The third-order valence-corrected chi connectivity index (χ3v) is 1.69. The third-order valence-electron chi connectivity index (χ3n) is 0.984. The average molecular weight is 208 g/mol. The maximum Gasteiger partial charge on any atom is 0.257 e. The Morgan fingerprint density at radius 3 is 2.50 bits per heavy atom. The predicted octanol–water partition coefficient (Wildman–Crippen LogP) is 1.97. The van der Waals surface area contributed by atoms with E-state index in [-0.39, 0.29) is 22.2 Å². The fourth-order valence-electron chi connectivity index (χ4n) is 0.577. The molecule has 0 unspecified atom stereocenters. The van der Waals surface area contributed by atoms with E-state index in [0.717, 1.165) is 0 Å². The van der Waals surface area contributed by atoms with Gasteiger partial charge in [-0.3, -0.25) is 0 Å². The molecule has 0 N–H and O–H groups in total. The van der Waals surface area contributed by atoms with Crippen molar-refractivity contribution in [2.24, 2.45) is 0 Å². The van der Waals surface area contributed by atoms with E-state index in [0.29, 0.717) is 0 Å². The molecule has 4 nitrogen and oxygen atoms in total. The molecule has 6 heteroatoms. The summed E-state index contributed by atoms with van der Waals surface area (Å²) < 4.78 is 5.20. The minimum Gasteiger partial charge on any atom is -0.473 e. The fraction of sp³-hybridized carbons (Fsp3) is 0.500. The zero-order valence-corrected chi connectivity index (χ0v) is 8.10. The first-order chi connectivity index (χ1) is 5.61. The molecule has 1 aromatic rings. The summed E-state index contributed by atoms with van der Waals surface area (Å²) in [7, 11) is 0. The lowest BCUT2D eigenvalue weighted by molar-refractivity contribution is 0.229. The number of nitrogens with zero attached hydrogens (tertiary/aromatic N) is 3. The topological polar surface area (TPSA) is 47.9 Å². The van der Waals surface area contributed by atoms with Crippen LogP contribution in [0.5, 0.6) is 5.88 Å². The molecule has 0 radical (unpaired) electrons. The van der Waals surface area contributed by atoms with Crippen LogP contribution in [0.15, 0.2) is 0 Å². The van der Waals surface area contributed by atoms with E-state index >= 15 is 0 Å². The number of hydrogen-bond donors (Lipinski definition) is 0. The first-order valence-corrected chi connectivity index (χ1v) is 4.08. The van der Waals surface area contributed by atoms with E-state index in [4.69, 9.17) is 27.9 Å². The molecule has 0 fully saturated rings. The summed E-state index contributed by atoms with van der Waals surface area (Å²) in [5, 5.41) is 10.7. The van der Waals surface area contributed by atoms with Crippen molar-refractivity contribution in [1.82, 2.24) is 15.4 Å². The van der Waals surface area contributed by atoms with Gasteiger partial charge in [0.05, 0.1) is 6.10 Å². The van der Waals surface area contributed by atoms with Crippen LogP contribution in [0.4, 0.5) is 0 Å². The second-order valence-electron chi connectivity index (χ2n) is 2.37. The number of aromatic nitrogens is 3. The number of hydrogen-bond acceptors (Lipinski definition) is 4. The van der Waals surface area contributed by atoms with Gasteiger partial charge in [0, 0.05) is 0 Å². The van der Waals surface area contributed by atoms with E-state index in [1.807, 2.05) is 13.8 Å². The Kier molecular flexibility index (Phi) is 3.05. The van der Waals surface area contributed by atoms with Gasteiger partial charge in [0.2, 0.25) is 0 Å². The van der Waals surface area contributed by atoms with Gasteiger partial charge in [-0.2, -0.15) is 0 Å². The Bertz CT molecular complexity index is 279. The van der Waals surface area contributed by atoms with Crippen LogP contribution in [0.25, 0.3) is 0 Å². The van der Waals surface area contributed by atoms with E-state index in [2.05, 4.69) is 15.4 Å². The molecule has 0 spiro atoms. The van der Waals surface area contributed by atoms with Gasteiger partial charge < -0.3 is 4.74 Å². The molecule has 1 rings (SSSR count). The van der Waals surface area contributed by atoms with Crippen molar-refractivity contribution in [3.8, 4) is 5.88 Å². The second-order valence-corrected chi connectivity index (χ2v) is 3.10. The molecule has 0 saturated carbocycles. The highest BCUT2D eigenvalue weighted by molar-refractivity contribution is 6.41. The maximum absolute atomic E-state index is 5.72. The Hall–Kier alpha value is -0.610. The zero-order valence-electron chi connectivity index (χ0n) is 6.58. The van der Waals surface area contributed by atoms with Crippen molar-refractivity contribution in [1.29, 1.82) is 0 Å². The minimum atomic E-state index is -0.0183. The smallest absolute Gasteiger partial charge is 0.257 e. The molecule has 0 aliphatic rings. The molecule has 0 aliphatic heterocycles. The molecule has 0 amide bonds. The molecule has 12 heavy (non-hydrogen) atoms. The molecular weight excluding hydrogens is 201 g/mol. The number of rotatable bonds is 2. The highest BCUT2D eigenvalue weighted by Crippen LogP contribution is 2.26. The molecule has 1 aromatic heterocycles. The zero-order chi connectivity index (χ0) is 9.14. The van der Waals surface area contributed by atoms with Crippen molar-refractivity contribution < 1.29 is 4.74 Å². The van der Waals surface area contributed by atoms with Crippen molar-refractivity contribution in [2.45, 2.75) is 20.0 Å². The standard InChI is InChI=1S/C6H7Cl2N3O/c1-3(2)12-6-4(7)5(8)9-11-10-6/h3H,1-2H3. The molecule has 0 bridgehead atoms. The molecule has 0 saturated heterocycles. The lowest BCUT2D eigenvalue weighted by Crippen LogP contribution is -2.08. The maximum atomic E-state index is 5.72. The first-order valence-electron chi connectivity index (χ1n) is 3.32. The van der Waals surface area contributed by atoms with Gasteiger partial charge in [0.15, 0.2) is 5.15 Å². The summed E-state index contributed by atoms with van der Waals surface area (Å²) in [5.41, 5.74) is 0. The number of halogens is 2. The molecule has 0 aliphatic carbocycles. The van der Waals surface area contributed by atoms with Crippen LogP contribution in [-0.2, 0) is 0 Å². The Labute approximate surface area is 79.8 Å². The molecular formula is C6H7Cl2N3O. The molecule has 66 valence electrons. The quantitative estimate of drug-likeness (QED) is 0.745.